The Morgan fingerprint density at radius 3 is 1.79 bits per heavy atom. The Labute approximate surface area is 90.7 Å². The topological polar surface area (TPSA) is 0 Å². The molecule has 0 heterocycles. The average Bonchev–Trinajstić information content (AvgIpc) is 2.30. The zero-order valence-electron chi connectivity index (χ0n) is 10.7. The van der Waals surface area contributed by atoms with Crippen LogP contribution in [0.4, 0.5) is 0 Å². The van der Waals surface area contributed by atoms with E-state index in [-0.39, 0.29) is 0 Å². The van der Waals surface area contributed by atoms with Crippen LogP contribution in [-0.4, -0.2) is 0 Å². The molecule has 82 valence electrons. The van der Waals surface area contributed by atoms with Crippen LogP contribution < -0.4 is 0 Å². The van der Waals surface area contributed by atoms with Crippen LogP contribution in [0.25, 0.3) is 0 Å². The zero-order valence-corrected chi connectivity index (χ0v) is 10.7. The molecule has 0 heteroatoms. The second-order valence-electron chi connectivity index (χ2n) is 2.10. The van der Waals surface area contributed by atoms with Crippen molar-refractivity contribution >= 4 is 0 Å². The molecule has 0 saturated carbocycles. The first-order chi connectivity index (χ1) is 6.72. The first-order valence-corrected chi connectivity index (χ1v) is 5.33. The summed E-state index contributed by atoms with van der Waals surface area (Å²) >= 11 is 0. The molecule has 0 aromatic heterocycles. The van der Waals surface area contributed by atoms with Crippen molar-refractivity contribution < 1.29 is 0 Å². The normalized spacial score (nSPS) is 9.43. The molecular weight excluding hydrogens is 168 g/mol. The van der Waals surface area contributed by atoms with Crippen molar-refractivity contribution in [3.05, 3.63) is 48.6 Å². The minimum absolute atomic E-state index is 0.984. The molecule has 0 N–H and O–H groups in total. The fourth-order valence-electron chi connectivity index (χ4n) is 0.509. The van der Waals surface area contributed by atoms with E-state index in [9.17, 15) is 0 Å². The van der Waals surface area contributed by atoms with Crippen LogP contribution in [0.2, 0.25) is 0 Å². The summed E-state index contributed by atoms with van der Waals surface area (Å²) in [6, 6.07) is 0. The maximum atomic E-state index is 3.81. The van der Waals surface area contributed by atoms with Crippen molar-refractivity contribution in [3.63, 3.8) is 0 Å². The molecule has 0 aromatic carbocycles. The summed E-state index contributed by atoms with van der Waals surface area (Å²) in [7, 11) is 0. The lowest BCUT2D eigenvalue weighted by atomic mass is 10.1. The number of hydrogen-bond donors (Lipinski definition) is 0. The van der Waals surface area contributed by atoms with E-state index in [1.807, 2.05) is 59.8 Å². The molecule has 14 heavy (non-hydrogen) atoms. The lowest BCUT2D eigenvalue weighted by Gasteiger charge is -1.95. The van der Waals surface area contributed by atoms with E-state index in [4.69, 9.17) is 0 Å². The van der Waals surface area contributed by atoms with Gasteiger partial charge in [0.05, 0.1) is 0 Å². The summed E-state index contributed by atoms with van der Waals surface area (Å²) in [4.78, 5) is 0. The van der Waals surface area contributed by atoms with E-state index in [1.54, 1.807) is 6.08 Å². The van der Waals surface area contributed by atoms with Crippen LogP contribution >= 0.6 is 0 Å². The molecular formula is C14H26. The van der Waals surface area contributed by atoms with Gasteiger partial charge in [0.1, 0.15) is 0 Å². The Balaban J connectivity index is -0.000000266. The first kappa shape index (κ1) is 18.7. The minimum Gasteiger partial charge on any atom is -0.0985 e. The van der Waals surface area contributed by atoms with Crippen LogP contribution in [0.3, 0.4) is 0 Å². The van der Waals surface area contributed by atoms with E-state index in [0.29, 0.717) is 0 Å². The van der Waals surface area contributed by atoms with Gasteiger partial charge in [0.15, 0.2) is 0 Å². The quantitative estimate of drug-likeness (QED) is 0.534. The summed E-state index contributed by atoms with van der Waals surface area (Å²) in [6.45, 7) is 19.4. The lowest BCUT2D eigenvalue weighted by Crippen LogP contribution is -1.75. The molecule has 0 nitrogen and oxygen atoms in total. The van der Waals surface area contributed by atoms with Gasteiger partial charge in [-0.3, -0.25) is 0 Å². The smallest absolute Gasteiger partial charge is 0.0305 e. The molecule has 0 rings (SSSR count). The molecule has 0 radical (unpaired) electrons. The fraction of sp³-hybridized carbons (Fsp3) is 0.429. The van der Waals surface area contributed by atoms with Crippen molar-refractivity contribution in [2.24, 2.45) is 0 Å². The highest BCUT2D eigenvalue weighted by Gasteiger charge is 1.86. The van der Waals surface area contributed by atoms with Gasteiger partial charge in [-0.25, -0.2) is 0 Å². The van der Waals surface area contributed by atoms with E-state index < -0.39 is 0 Å². The van der Waals surface area contributed by atoms with Crippen molar-refractivity contribution in [2.75, 3.05) is 0 Å². The molecule has 0 amide bonds. The Morgan fingerprint density at radius 1 is 1.07 bits per heavy atom. The average molecular weight is 194 g/mol. The van der Waals surface area contributed by atoms with Gasteiger partial charge in [-0.1, -0.05) is 65.2 Å². The van der Waals surface area contributed by atoms with Gasteiger partial charge in [0.2, 0.25) is 0 Å². The highest BCUT2D eigenvalue weighted by atomic mass is 13.9. The predicted octanol–water partition coefficient (Wildman–Crippen LogP) is 5.30. The molecule has 0 spiro atoms. The Bertz CT molecular complexity index is 180. The zero-order chi connectivity index (χ0) is 12.0. The first-order valence-electron chi connectivity index (χ1n) is 5.33. The summed E-state index contributed by atoms with van der Waals surface area (Å²) < 4.78 is 0. The van der Waals surface area contributed by atoms with E-state index >= 15 is 0 Å². The third kappa shape index (κ3) is 13.5. The summed E-state index contributed by atoms with van der Waals surface area (Å²) in [6.07, 6.45) is 7.75. The molecule has 0 bridgehead atoms. The molecule has 0 atom stereocenters. The van der Waals surface area contributed by atoms with E-state index in [2.05, 4.69) is 13.2 Å². The Hall–Kier alpha value is -1.04. The van der Waals surface area contributed by atoms with Crippen molar-refractivity contribution in [1.82, 2.24) is 0 Å². The SMILES string of the molecule is C=CC(=C)/C(C)=C\C=C/C.CC.CC. The van der Waals surface area contributed by atoms with Crippen molar-refractivity contribution in [3.8, 4) is 0 Å². The van der Waals surface area contributed by atoms with Gasteiger partial charge in [0, 0.05) is 0 Å². The van der Waals surface area contributed by atoms with Gasteiger partial charge < -0.3 is 0 Å². The standard InChI is InChI=1S/C10H14.2C2H6/c1-5-7-8-10(4)9(3)6-2;2*1-2/h5-8H,2-3H2,1,4H3;2*1-2H3/b7-5-,10-8-;;. The summed E-state index contributed by atoms with van der Waals surface area (Å²) in [5.41, 5.74) is 2.14. The molecule has 0 aliphatic carbocycles. The molecule has 0 unspecified atom stereocenters. The maximum absolute atomic E-state index is 3.81. The van der Waals surface area contributed by atoms with Gasteiger partial charge in [0.25, 0.3) is 0 Å². The van der Waals surface area contributed by atoms with Crippen molar-refractivity contribution in [2.45, 2.75) is 41.5 Å². The van der Waals surface area contributed by atoms with Crippen LogP contribution in [-0.2, 0) is 0 Å². The van der Waals surface area contributed by atoms with Crippen molar-refractivity contribution in [1.29, 1.82) is 0 Å². The Kier molecular flexibility index (Phi) is 23.9. The van der Waals surface area contributed by atoms with E-state index in [1.165, 1.54) is 0 Å². The van der Waals surface area contributed by atoms with Gasteiger partial charge in [-0.15, -0.1) is 0 Å². The monoisotopic (exact) mass is 194 g/mol. The molecule has 0 aliphatic heterocycles. The second kappa shape index (κ2) is 17.9. The molecule has 0 aromatic rings. The van der Waals surface area contributed by atoms with Gasteiger partial charge in [-0.2, -0.15) is 0 Å². The van der Waals surface area contributed by atoms with Crippen LogP contribution in [0, 0.1) is 0 Å². The highest BCUT2D eigenvalue weighted by molar-refractivity contribution is 5.36. The second-order valence-corrected chi connectivity index (χ2v) is 2.10. The number of allylic oxidation sites excluding steroid dienone is 6. The molecule has 0 aliphatic rings. The largest absolute Gasteiger partial charge is 0.0985 e. The summed E-state index contributed by atoms with van der Waals surface area (Å²) in [5, 5.41) is 0. The third-order valence-corrected chi connectivity index (χ3v) is 1.29. The number of rotatable bonds is 3. The fourth-order valence-corrected chi connectivity index (χ4v) is 0.509. The van der Waals surface area contributed by atoms with Gasteiger partial charge in [-0.05, 0) is 25.0 Å². The Morgan fingerprint density at radius 2 is 1.50 bits per heavy atom. The lowest BCUT2D eigenvalue weighted by molar-refractivity contribution is 1.44. The maximum Gasteiger partial charge on any atom is -0.0305 e. The van der Waals surface area contributed by atoms with Crippen LogP contribution in [0.5, 0.6) is 0 Å². The summed E-state index contributed by atoms with van der Waals surface area (Å²) in [5.74, 6) is 0. The van der Waals surface area contributed by atoms with E-state index in [0.717, 1.165) is 11.1 Å². The minimum atomic E-state index is 0.984. The van der Waals surface area contributed by atoms with Crippen LogP contribution in [0.15, 0.2) is 48.6 Å². The molecule has 0 fully saturated rings. The predicted molar refractivity (Wildman–Crippen MR) is 70.6 cm³/mol. The highest BCUT2D eigenvalue weighted by Crippen LogP contribution is 2.06. The number of hydrogen-bond acceptors (Lipinski definition) is 0. The third-order valence-electron chi connectivity index (χ3n) is 1.29. The molecule has 0 saturated heterocycles. The van der Waals surface area contributed by atoms with Gasteiger partial charge >= 0.3 is 0 Å². The van der Waals surface area contributed by atoms with Crippen LogP contribution in [0.1, 0.15) is 41.5 Å².